The molecule has 1 saturated heterocycles. The fourth-order valence-corrected chi connectivity index (χ4v) is 3.18. The highest BCUT2D eigenvalue weighted by atomic mass is 16.1. The van der Waals surface area contributed by atoms with Crippen molar-refractivity contribution in [3.8, 4) is 0 Å². The molecule has 0 spiro atoms. The van der Waals surface area contributed by atoms with Crippen LogP contribution in [0.1, 0.15) is 28.4 Å². The molecule has 3 nitrogen and oxygen atoms in total. The fourth-order valence-electron chi connectivity index (χ4n) is 3.18. The molecule has 2 aromatic carbocycles. The highest BCUT2D eigenvalue weighted by molar-refractivity contribution is 5.96. The average Bonchev–Trinajstić information content (AvgIpc) is 2.62. The molecule has 1 atom stereocenters. The Bertz CT molecular complexity index is 619. The summed E-state index contributed by atoms with van der Waals surface area (Å²) in [6.07, 6.45) is 0.539. The Balaban J connectivity index is 1.79. The van der Waals surface area contributed by atoms with E-state index in [1.165, 1.54) is 5.56 Å². The van der Waals surface area contributed by atoms with E-state index in [4.69, 9.17) is 0 Å². The fraction of sp³-hybridized carbons (Fsp3) is 0.350. The number of hydrogen-bond donors (Lipinski definition) is 0. The lowest BCUT2D eigenvalue weighted by Crippen LogP contribution is -2.46. The Morgan fingerprint density at radius 3 is 2.09 bits per heavy atom. The van der Waals surface area contributed by atoms with Crippen molar-refractivity contribution in [1.29, 1.82) is 0 Å². The molecule has 1 heterocycles. The maximum absolute atomic E-state index is 12.7. The van der Waals surface area contributed by atoms with Crippen molar-refractivity contribution < 1.29 is 4.79 Å². The third-order valence-electron chi connectivity index (χ3n) is 4.64. The smallest absolute Gasteiger partial charge is 0.164 e. The number of likely N-dealkylation sites (N-methyl/N-ethyl adjacent to an activating group) is 1. The Morgan fingerprint density at radius 2 is 1.48 bits per heavy atom. The van der Waals surface area contributed by atoms with Gasteiger partial charge in [0.2, 0.25) is 0 Å². The summed E-state index contributed by atoms with van der Waals surface area (Å²) in [4.78, 5) is 17.5. The van der Waals surface area contributed by atoms with E-state index < -0.39 is 0 Å². The molecule has 0 bridgehead atoms. The standard InChI is InChI=1S/C20H24N2O/c1-21-12-14-22(15-13-21)19(17-8-4-2-5-9-17)16-20(23)18-10-6-3-7-11-18/h2-11,19H,12-16H2,1H3/t19-/m0/s1. The molecule has 0 radical (unpaired) electrons. The molecule has 0 unspecified atom stereocenters. The lowest BCUT2D eigenvalue weighted by molar-refractivity contribution is 0.0822. The van der Waals surface area contributed by atoms with Gasteiger partial charge in [0.05, 0.1) is 0 Å². The van der Waals surface area contributed by atoms with E-state index in [0.29, 0.717) is 6.42 Å². The third kappa shape index (κ3) is 4.06. The molecule has 0 aromatic heterocycles. The normalized spacial score (nSPS) is 17.8. The van der Waals surface area contributed by atoms with Gasteiger partial charge in [-0.2, -0.15) is 0 Å². The maximum Gasteiger partial charge on any atom is 0.164 e. The van der Waals surface area contributed by atoms with Crippen LogP contribution in [0.2, 0.25) is 0 Å². The Hall–Kier alpha value is -1.97. The molecular weight excluding hydrogens is 284 g/mol. The largest absolute Gasteiger partial charge is 0.304 e. The molecule has 120 valence electrons. The Kier molecular flexibility index (Phi) is 5.21. The van der Waals surface area contributed by atoms with Gasteiger partial charge < -0.3 is 4.90 Å². The van der Waals surface area contributed by atoms with Crippen LogP contribution in [0, 0.1) is 0 Å². The SMILES string of the molecule is CN1CCN([C@@H](CC(=O)c2ccccc2)c2ccccc2)CC1. The second kappa shape index (κ2) is 7.53. The van der Waals surface area contributed by atoms with Gasteiger partial charge in [-0.15, -0.1) is 0 Å². The quantitative estimate of drug-likeness (QED) is 0.792. The van der Waals surface area contributed by atoms with Crippen LogP contribution in [-0.4, -0.2) is 48.8 Å². The summed E-state index contributed by atoms with van der Waals surface area (Å²) in [7, 11) is 2.16. The topological polar surface area (TPSA) is 23.6 Å². The van der Waals surface area contributed by atoms with Crippen molar-refractivity contribution in [3.63, 3.8) is 0 Å². The Morgan fingerprint density at radius 1 is 0.913 bits per heavy atom. The van der Waals surface area contributed by atoms with Gasteiger partial charge in [-0.3, -0.25) is 9.69 Å². The molecule has 1 fully saturated rings. The van der Waals surface area contributed by atoms with E-state index in [1.807, 2.05) is 36.4 Å². The minimum atomic E-state index is 0.164. The zero-order chi connectivity index (χ0) is 16.1. The first-order valence-corrected chi connectivity index (χ1v) is 8.30. The zero-order valence-corrected chi connectivity index (χ0v) is 13.7. The molecular formula is C20H24N2O. The number of piperazine rings is 1. The number of nitrogens with zero attached hydrogens (tertiary/aromatic N) is 2. The Labute approximate surface area is 138 Å². The summed E-state index contributed by atoms with van der Waals surface area (Å²) >= 11 is 0. The van der Waals surface area contributed by atoms with Crippen LogP contribution in [-0.2, 0) is 0 Å². The van der Waals surface area contributed by atoms with E-state index in [9.17, 15) is 4.79 Å². The summed E-state index contributed by atoms with van der Waals surface area (Å²) in [6.45, 7) is 4.14. The predicted molar refractivity (Wildman–Crippen MR) is 93.6 cm³/mol. The zero-order valence-electron chi connectivity index (χ0n) is 13.7. The summed E-state index contributed by atoms with van der Waals surface area (Å²) in [5, 5.41) is 0. The molecule has 0 aliphatic carbocycles. The minimum absolute atomic E-state index is 0.164. The first kappa shape index (κ1) is 15.9. The second-order valence-electron chi connectivity index (χ2n) is 6.26. The molecule has 0 N–H and O–H groups in total. The number of ketones is 1. The van der Waals surface area contributed by atoms with Crippen molar-refractivity contribution in [2.45, 2.75) is 12.5 Å². The van der Waals surface area contributed by atoms with Gasteiger partial charge in [0.1, 0.15) is 0 Å². The number of benzene rings is 2. The predicted octanol–water partition coefficient (Wildman–Crippen LogP) is 3.25. The lowest BCUT2D eigenvalue weighted by atomic mass is 9.96. The molecule has 0 saturated carbocycles. The molecule has 23 heavy (non-hydrogen) atoms. The van der Waals surface area contributed by atoms with Crippen molar-refractivity contribution in [2.24, 2.45) is 0 Å². The lowest BCUT2D eigenvalue weighted by Gasteiger charge is -2.38. The number of hydrogen-bond acceptors (Lipinski definition) is 3. The molecule has 3 heteroatoms. The average molecular weight is 308 g/mol. The van der Waals surface area contributed by atoms with Crippen LogP contribution in [0.25, 0.3) is 0 Å². The van der Waals surface area contributed by atoms with Crippen LogP contribution in [0.5, 0.6) is 0 Å². The van der Waals surface area contributed by atoms with E-state index in [2.05, 4.69) is 41.1 Å². The van der Waals surface area contributed by atoms with Gasteiger partial charge in [0.25, 0.3) is 0 Å². The number of carbonyl (C=O) groups is 1. The first-order chi connectivity index (χ1) is 11.2. The summed E-state index contributed by atoms with van der Waals surface area (Å²) in [6, 6.07) is 20.2. The van der Waals surface area contributed by atoms with Crippen LogP contribution in [0.4, 0.5) is 0 Å². The van der Waals surface area contributed by atoms with Crippen molar-refractivity contribution in [2.75, 3.05) is 33.2 Å². The third-order valence-corrected chi connectivity index (χ3v) is 4.64. The van der Waals surface area contributed by atoms with Gasteiger partial charge >= 0.3 is 0 Å². The molecule has 3 rings (SSSR count). The summed E-state index contributed by atoms with van der Waals surface area (Å²) in [5.41, 5.74) is 2.05. The molecule has 1 aliphatic rings. The molecule has 0 amide bonds. The van der Waals surface area contributed by atoms with Gasteiger partial charge in [0, 0.05) is 44.2 Å². The monoisotopic (exact) mass is 308 g/mol. The van der Waals surface area contributed by atoms with Crippen LogP contribution in [0.15, 0.2) is 60.7 Å². The van der Waals surface area contributed by atoms with Crippen LogP contribution < -0.4 is 0 Å². The maximum atomic E-state index is 12.7. The van der Waals surface area contributed by atoms with Crippen molar-refractivity contribution in [1.82, 2.24) is 9.80 Å². The van der Waals surface area contributed by atoms with Crippen molar-refractivity contribution >= 4 is 5.78 Å². The van der Waals surface area contributed by atoms with E-state index in [0.717, 1.165) is 31.7 Å². The van der Waals surface area contributed by atoms with Gasteiger partial charge in [-0.1, -0.05) is 60.7 Å². The highest BCUT2D eigenvalue weighted by Gasteiger charge is 2.26. The number of carbonyl (C=O) groups excluding carboxylic acids is 1. The van der Waals surface area contributed by atoms with E-state index >= 15 is 0 Å². The van der Waals surface area contributed by atoms with Gasteiger partial charge in [0.15, 0.2) is 5.78 Å². The van der Waals surface area contributed by atoms with Crippen LogP contribution in [0.3, 0.4) is 0 Å². The molecule has 2 aromatic rings. The number of Topliss-reactive ketones (excluding diaryl/α,β-unsaturated/α-hetero) is 1. The number of rotatable bonds is 5. The van der Waals surface area contributed by atoms with E-state index in [1.54, 1.807) is 0 Å². The van der Waals surface area contributed by atoms with Crippen LogP contribution >= 0.6 is 0 Å². The first-order valence-electron chi connectivity index (χ1n) is 8.30. The summed E-state index contributed by atoms with van der Waals surface area (Å²) < 4.78 is 0. The minimum Gasteiger partial charge on any atom is -0.304 e. The van der Waals surface area contributed by atoms with E-state index in [-0.39, 0.29) is 11.8 Å². The van der Waals surface area contributed by atoms with Gasteiger partial charge in [-0.05, 0) is 12.6 Å². The second-order valence-corrected chi connectivity index (χ2v) is 6.26. The highest BCUT2D eigenvalue weighted by Crippen LogP contribution is 2.27. The van der Waals surface area contributed by atoms with Gasteiger partial charge in [-0.25, -0.2) is 0 Å². The molecule has 1 aliphatic heterocycles. The van der Waals surface area contributed by atoms with Crippen molar-refractivity contribution in [3.05, 3.63) is 71.8 Å². The summed E-state index contributed by atoms with van der Waals surface area (Å²) in [5.74, 6) is 0.221.